The molecule has 29 heavy (non-hydrogen) atoms. The van der Waals surface area contributed by atoms with Crippen LogP contribution in [0.3, 0.4) is 0 Å². The SMILES string of the molecule is O=C(c1ccc(Cl)cc1)N1CCN(c2nc3ccc(OC(F)(F)F)cc3s2)CC1. The predicted octanol–water partition coefficient (Wildman–Crippen LogP) is 4.81. The third kappa shape index (κ3) is 4.56. The van der Waals surface area contributed by atoms with Crippen molar-refractivity contribution in [3.63, 3.8) is 0 Å². The summed E-state index contributed by atoms with van der Waals surface area (Å²) in [7, 11) is 0. The van der Waals surface area contributed by atoms with Crippen molar-refractivity contribution in [3.05, 3.63) is 53.1 Å². The van der Waals surface area contributed by atoms with Crippen molar-refractivity contribution in [3.8, 4) is 5.75 Å². The van der Waals surface area contributed by atoms with Crippen LogP contribution >= 0.6 is 22.9 Å². The molecule has 0 N–H and O–H groups in total. The van der Waals surface area contributed by atoms with Crippen LogP contribution in [0, 0.1) is 0 Å². The maximum Gasteiger partial charge on any atom is 0.573 e. The summed E-state index contributed by atoms with van der Waals surface area (Å²) in [5, 5.41) is 1.29. The quantitative estimate of drug-likeness (QED) is 0.585. The molecule has 3 aromatic rings. The highest BCUT2D eigenvalue weighted by atomic mass is 35.5. The van der Waals surface area contributed by atoms with E-state index in [9.17, 15) is 18.0 Å². The highest BCUT2D eigenvalue weighted by molar-refractivity contribution is 7.22. The van der Waals surface area contributed by atoms with Gasteiger partial charge in [-0.3, -0.25) is 4.79 Å². The minimum Gasteiger partial charge on any atom is -0.406 e. The maximum atomic E-state index is 12.6. The van der Waals surface area contributed by atoms with Gasteiger partial charge in [0.15, 0.2) is 5.13 Å². The van der Waals surface area contributed by atoms with Gasteiger partial charge in [0.2, 0.25) is 0 Å². The minimum absolute atomic E-state index is 0.0560. The van der Waals surface area contributed by atoms with E-state index >= 15 is 0 Å². The summed E-state index contributed by atoms with van der Waals surface area (Å²) >= 11 is 7.16. The molecule has 2 heterocycles. The molecular weight excluding hydrogens is 427 g/mol. The summed E-state index contributed by atoms with van der Waals surface area (Å²) in [6.45, 7) is 2.23. The zero-order valence-electron chi connectivity index (χ0n) is 14.9. The van der Waals surface area contributed by atoms with Gasteiger partial charge in [0, 0.05) is 42.8 Å². The van der Waals surface area contributed by atoms with E-state index in [1.165, 1.54) is 29.5 Å². The second-order valence-corrected chi connectivity index (χ2v) is 7.91. The molecule has 0 saturated carbocycles. The molecule has 0 spiro atoms. The lowest BCUT2D eigenvalue weighted by Gasteiger charge is -2.34. The molecule has 0 aliphatic carbocycles. The Labute approximate surface area is 173 Å². The zero-order valence-corrected chi connectivity index (χ0v) is 16.5. The Morgan fingerprint density at radius 3 is 2.41 bits per heavy atom. The van der Waals surface area contributed by atoms with Crippen molar-refractivity contribution >= 4 is 44.2 Å². The monoisotopic (exact) mass is 441 g/mol. The number of benzene rings is 2. The van der Waals surface area contributed by atoms with Crippen LogP contribution in [0.25, 0.3) is 10.2 Å². The summed E-state index contributed by atoms with van der Waals surface area (Å²) < 4.78 is 41.8. The van der Waals surface area contributed by atoms with Crippen molar-refractivity contribution in [2.75, 3.05) is 31.1 Å². The van der Waals surface area contributed by atoms with Gasteiger partial charge in [-0.25, -0.2) is 4.98 Å². The number of aromatic nitrogens is 1. The summed E-state index contributed by atoms with van der Waals surface area (Å²) in [6, 6.07) is 10.9. The van der Waals surface area contributed by atoms with E-state index in [-0.39, 0.29) is 11.7 Å². The summed E-state index contributed by atoms with van der Waals surface area (Å²) in [4.78, 5) is 20.9. The molecule has 1 fully saturated rings. The lowest BCUT2D eigenvalue weighted by molar-refractivity contribution is -0.274. The normalized spacial score (nSPS) is 15.0. The molecule has 0 atom stereocenters. The number of hydrogen-bond acceptors (Lipinski definition) is 5. The molecule has 1 aliphatic rings. The van der Waals surface area contributed by atoms with E-state index in [4.69, 9.17) is 11.6 Å². The number of rotatable bonds is 3. The zero-order chi connectivity index (χ0) is 20.6. The molecule has 0 unspecified atom stereocenters. The third-order valence-corrected chi connectivity index (χ3v) is 5.84. The largest absolute Gasteiger partial charge is 0.573 e. The van der Waals surface area contributed by atoms with Crippen LogP contribution in [-0.4, -0.2) is 48.3 Å². The molecule has 2 aromatic carbocycles. The smallest absolute Gasteiger partial charge is 0.406 e. The van der Waals surface area contributed by atoms with E-state index in [2.05, 4.69) is 9.72 Å². The first-order valence-corrected chi connectivity index (χ1v) is 9.94. The van der Waals surface area contributed by atoms with E-state index in [0.717, 1.165) is 0 Å². The fraction of sp³-hybridized carbons (Fsp3) is 0.263. The van der Waals surface area contributed by atoms with Gasteiger partial charge in [0.05, 0.1) is 10.2 Å². The molecule has 5 nitrogen and oxygen atoms in total. The van der Waals surface area contributed by atoms with Gasteiger partial charge in [-0.05, 0) is 36.4 Å². The topological polar surface area (TPSA) is 45.7 Å². The van der Waals surface area contributed by atoms with Crippen LogP contribution in [-0.2, 0) is 0 Å². The van der Waals surface area contributed by atoms with Gasteiger partial charge in [0.25, 0.3) is 5.91 Å². The molecule has 1 aliphatic heterocycles. The number of thiazole rings is 1. The molecule has 1 amide bonds. The average Bonchev–Trinajstić information content (AvgIpc) is 3.10. The minimum atomic E-state index is -4.73. The second kappa shape index (κ2) is 7.72. The highest BCUT2D eigenvalue weighted by Gasteiger charge is 2.31. The molecule has 1 saturated heterocycles. The van der Waals surface area contributed by atoms with Gasteiger partial charge in [0.1, 0.15) is 5.75 Å². The fourth-order valence-electron chi connectivity index (χ4n) is 3.10. The number of nitrogens with zero attached hydrogens (tertiary/aromatic N) is 3. The molecule has 152 valence electrons. The molecule has 0 bridgehead atoms. The number of piperazine rings is 1. The van der Waals surface area contributed by atoms with Crippen LogP contribution in [0.2, 0.25) is 5.02 Å². The number of halogens is 4. The van der Waals surface area contributed by atoms with Crippen molar-refractivity contribution < 1.29 is 22.7 Å². The highest BCUT2D eigenvalue weighted by Crippen LogP contribution is 2.33. The molecule has 4 rings (SSSR count). The Morgan fingerprint density at radius 1 is 1.07 bits per heavy atom. The Hall–Kier alpha value is -2.52. The van der Waals surface area contributed by atoms with Crippen molar-refractivity contribution in [2.24, 2.45) is 0 Å². The Balaban J connectivity index is 1.43. The van der Waals surface area contributed by atoms with Gasteiger partial charge < -0.3 is 14.5 Å². The van der Waals surface area contributed by atoms with E-state index in [1.807, 2.05) is 4.90 Å². The Morgan fingerprint density at radius 2 is 1.76 bits per heavy atom. The predicted molar refractivity (Wildman–Crippen MR) is 106 cm³/mol. The average molecular weight is 442 g/mol. The summed E-state index contributed by atoms with van der Waals surface area (Å²) in [6.07, 6.45) is -4.73. The molecule has 0 radical (unpaired) electrons. The summed E-state index contributed by atoms with van der Waals surface area (Å²) in [5.74, 6) is -0.321. The second-order valence-electron chi connectivity index (χ2n) is 6.46. The van der Waals surface area contributed by atoms with Crippen LogP contribution in [0.4, 0.5) is 18.3 Å². The number of amides is 1. The van der Waals surface area contributed by atoms with Crippen LogP contribution in [0.1, 0.15) is 10.4 Å². The number of anilines is 1. The van der Waals surface area contributed by atoms with Crippen LogP contribution in [0.5, 0.6) is 5.75 Å². The van der Waals surface area contributed by atoms with Crippen LogP contribution < -0.4 is 9.64 Å². The van der Waals surface area contributed by atoms with Crippen molar-refractivity contribution in [2.45, 2.75) is 6.36 Å². The number of fused-ring (bicyclic) bond motifs is 1. The first-order chi connectivity index (χ1) is 13.8. The number of alkyl halides is 3. The summed E-state index contributed by atoms with van der Waals surface area (Å²) in [5.41, 5.74) is 1.19. The third-order valence-electron chi connectivity index (χ3n) is 4.51. The van der Waals surface area contributed by atoms with E-state index in [1.54, 1.807) is 29.2 Å². The number of ether oxygens (including phenoxy) is 1. The van der Waals surface area contributed by atoms with Crippen molar-refractivity contribution in [1.29, 1.82) is 0 Å². The molecular formula is C19H15ClF3N3O2S. The Kier molecular flexibility index (Phi) is 5.26. The van der Waals surface area contributed by atoms with Gasteiger partial charge in [-0.2, -0.15) is 0 Å². The number of carbonyl (C=O) groups is 1. The maximum absolute atomic E-state index is 12.6. The lowest BCUT2D eigenvalue weighted by Crippen LogP contribution is -2.48. The van der Waals surface area contributed by atoms with E-state index in [0.29, 0.717) is 52.1 Å². The Bertz CT molecular complexity index is 1030. The van der Waals surface area contributed by atoms with Gasteiger partial charge >= 0.3 is 6.36 Å². The first-order valence-electron chi connectivity index (χ1n) is 8.75. The lowest BCUT2D eigenvalue weighted by atomic mass is 10.2. The van der Waals surface area contributed by atoms with Gasteiger partial charge in [-0.1, -0.05) is 22.9 Å². The van der Waals surface area contributed by atoms with Crippen molar-refractivity contribution in [1.82, 2.24) is 9.88 Å². The standard InChI is InChI=1S/C19H15ClF3N3O2S/c20-13-3-1-12(2-4-13)17(27)25-7-9-26(10-8-25)18-24-15-6-5-14(11-16(15)29-18)28-19(21,22)23/h1-6,11H,7-10H2. The fourth-order valence-corrected chi connectivity index (χ4v) is 4.27. The first kappa shape index (κ1) is 19.8. The number of hydrogen-bond donors (Lipinski definition) is 0. The molecule has 10 heteroatoms. The molecule has 1 aromatic heterocycles. The van der Waals surface area contributed by atoms with Crippen LogP contribution in [0.15, 0.2) is 42.5 Å². The number of carbonyl (C=O) groups excluding carboxylic acids is 1. The van der Waals surface area contributed by atoms with Gasteiger partial charge in [-0.15, -0.1) is 13.2 Å². The van der Waals surface area contributed by atoms with E-state index < -0.39 is 6.36 Å².